The number of nitrogens with zero attached hydrogens (tertiary/aromatic N) is 5. The molecule has 0 aromatic carbocycles. The molecule has 10 heteroatoms. The molecule has 0 saturated carbocycles. The van der Waals surface area contributed by atoms with Gasteiger partial charge in [0.05, 0.1) is 0 Å². The van der Waals surface area contributed by atoms with Crippen LogP contribution in [-0.4, -0.2) is 44.1 Å². The molecule has 2 N–H and O–H groups in total. The Kier molecular flexibility index (Phi) is 5.27. The summed E-state index contributed by atoms with van der Waals surface area (Å²) in [5, 5.41) is 13.6. The van der Waals surface area contributed by atoms with Gasteiger partial charge in [-0.1, -0.05) is 19.0 Å². The highest BCUT2D eigenvalue weighted by molar-refractivity contribution is 5.87. The lowest BCUT2D eigenvalue weighted by atomic mass is 9.91. The van der Waals surface area contributed by atoms with Gasteiger partial charge in [0.15, 0.2) is 5.82 Å². The molecule has 0 radical (unpaired) electrons. The molecule has 0 aliphatic carbocycles. The Balaban J connectivity index is 1.75. The zero-order chi connectivity index (χ0) is 17.8. The summed E-state index contributed by atoms with van der Waals surface area (Å²) in [5.41, 5.74) is 0. The lowest BCUT2D eigenvalue weighted by Crippen LogP contribution is -2.39. The molecule has 2 aromatic heterocycles. The number of hydrogen-bond acceptors (Lipinski definition) is 7. The van der Waals surface area contributed by atoms with Crippen LogP contribution in [0.15, 0.2) is 10.9 Å². The minimum Gasteiger partial charge on any atom is -0.381 e. The van der Waals surface area contributed by atoms with Crippen molar-refractivity contribution >= 4 is 12.0 Å². The zero-order valence-corrected chi connectivity index (χ0v) is 14.6. The van der Waals surface area contributed by atoms with Gasteiger partial charge in [-0.05, 0) is 18.8 Å². The van der Waals surface area contributed by atoms with E-state index >= 15 is 0 Å². The van der Waals surface area contributed by atoms with E-state index in [0.29, 0.717) is 30.9 Å². The monoisotopic (exact) mass is 349 g/mol. The predicted octanol–water partition coefficient (Wildman–Crippen LogP) is 1.61. The van der Waals surface area contributed by atoms with E-state index in [0.717, 1.165) is 12.8 Å². The van der Waals surface area contributed by atoms with Gasteiger partial charge < -0.3 is 14.6 Å². The van der Waals surface area contributed by atoms with E-state index in [-0.39, 0.29) is 17.9 Å². The van der Waals surface area contributed by atoms with Crippen molar-refractivity contribution in [2.45, 2.75) is 38.6 Å². The van der Waals surface area contributed by atoms with E-state index in [4.69, 9.17) is 9.26 Å². The highest BCUT2D eigenvalue weighted by atomic mass is 16.5. The highest BCUT2D eigenvalue weighted by Gasteiger charge is 2.32. The largest absolute Gasteiger partial charge is 0.381 e. The SMILES string of the molecule is CC(C)c1noc([C@@H](NC(=O)Nc2ncnn2C)C2CCOCC2)n1. The summed E-state index contributed by atoms with van der Waals surface area (Å²) in [7, 11) is 1.70. The third-order valence-electron chi connectivity index (χ3n) is 4.20. The second-order valence-electron chi connectivity index (χ2n) is 6.38. The first kappa shape index (κ1) is 17.3. The van der Waals surface area contributed by atoms with Gasteiger partial charge in [0.2, 0.25) is 11.8 Å². The Morgan fingerprint density at radius 3 is 2.72 bits per heavy atom. The summed E-state index contributed by atoms with van der Waals surface area (Å²) in [4.78, 5) is 20.8. The molecule has 1 aliphatic rings. The third-order valence-corrected chi connectivity index (χ3v) is 4.20. The molecule has 2 amide bonds. The molecule has 136 valence electrons. The number of ether oxygens (including phenoxy) is 1. The van der Waals surface area contributed by atoms with E-state index in [2.05, 4.69) is 30.9 Å². The van der Waals surface area contributed by atoms with E-state index in [9.17, 15) is 4.79 Å². The first-order valence-electron chi connectivity index (χ1n) is 8.37. The van der Waals surface area contributed by atoms with Crippen LogP contribution in [0.4, 0.5) is 10.7 Å². The number of hydrogen-bond donors (Lipinski definition) is 2. The number of aromatic nitrogens is 5. The third kappa shape index (κ3) is 4.13. The van der Waals surface area contributed by atoms with E-state index in [1.807, 2.05) is 13.8 Å². The second kappa shape index (κ2) is 7.60. The van der Waals surface area contributed by atoms with Crippen molar-refractivity contribution in [1.82, 2.24) is 30.2 Å². The van der Waals surface area contributed by atoms with Gasteiger partial charge in [-0.15, -0.1) is 0 Å². The molecule has 0 spiro atoms. The van der Waals surface area contributed by atoms with Crippen molar-refractivity contribution in [2.24, 2.45) is 13.0 Å². The number of amides is 2. The maximum Gasteiger partial charge on any atom is 0.322 e. The quantitative estimate of drug-likeness (QED) is 0.841. The van der Waals surface area contributed by atoms with Crippen molar-refractivity contribution in [3.63, 3.8) is 0 Å². The molecule has 2 aromatic rings. The zero-order valence-electron chi connectivity index (χ0n) is 14.6. The standard InChI is InChI=1S/C15H23N7O3/c1-9(2)12-19-13(25-21-12)11(10-4-6-24-7-5-10)18-15(23)20-14-16-8-17-22(14)3/h8-11H,4-7H2,1-3H3,(H2,16,17,18,20,23)/t11-/m0/s1. The van der Waals surface area contributed by atoms with Crippen LogP contribution in [0.1, 0.15) is 50.4 Å². The first-order chi connectivity index (χ1) is 12.0. The smallest absolute Gasteiger partial charge is 0.322 e. The highest BCUT2D eigenvalue weighted by Crippen LogP contribution is 2.30. The fourth-order valence-electron chi connectivity index (χ4n) is 2.73. The first-order valence-corrected chi connectivity index (χ1v) is 8.37. The Labute approximate surface area is 145 Å². The summed E-state index contributed by atoms with van der Waals surface area (Å²) in [6.07, 6.45) is 3.00. The van der Waals surface area contributed by atoms with E-state index in [1.165, 1.54) is 11.0 Å². The lowest BCUT2D eigenvalue weighted by Gasteiger charge is -2.28. The molecular formula is C15H23N7O3. The molecule has 1 saturated heterocycles. The molecule has 3 heterocycles. The summed E-state index contributed by atoms with van der Waals surface area (Å²) < 4.78 is 12.3. The van der Waals surface area contributed by atoms with Gasteiger partial charge in [-0.25, -0.2) is 9.48 Å². The van der Waals surface area contributed by atoms with Gasteiger partial charge in [0.25, 0.3) is 0 Å². The molecule has 1 atom stereocenters. The summed E-state index contributed by atoms with van der Waals surface area (Å²) in [5.74, 6) is 1.72. The van der Waals surface area contributed by atoms with Gasteiger partial charge in [-0.3, -0.25) is 5.32 Å². The average molecular weight is 349 g/mol. The van der Waals surface area contributed by atoms with Gasteiger partial charge >= 0.3 is 6.03 Å². The van der Waals surface area contributed by atoms with Crippen LogP contribution in [-0.2, 0) is 11.8 Å². The van der Waals surface area contributed by atoms with Crippen LogP contribution in [0, 0.1) is 5.92 Å². The number of nitrogens with one attached hydrogen (secondary N) is 2. The number of urea groups is 1. The van der Waals surface area contributed by atoms with Crippen LogP contribution in [0.3, 0.4) is 0 Å². The predicted molar refractivity (Wildman–Crippen MR) is 87.8 cm³/mol. The Hall–Kier alpha value is -2.49. The fourth-order valence-corrected chi connectivity index (χ4v) is 2.73. The topological polar surface area (TPSA) is 120 Å². The maximum atomic E-state index is 12.4. The summed E-state index contributed by atoms with van der Waals surface area (Å²) >= 11 is 0. The number of rotatable bonds is 5. The van der Waals surface area contributed by atoms with Crippen molar-refractivity contribution in [3.05, 3.63) is 18.0 Å². The van der Waals surface area contributed by atoms with E-state index < -0.39 is 6.03 Å². The van der Waals surface area contributed by atoms with E-state index in [1.54, 1.807) is 7.05 Å². The Morgan fingerprint density at radius 2 is 2.12 bits per heavy atom. The molecule has 1 fully saturated rings. The summed E-state index contributed by atoms with van der Waals surface area (Å²) in [6, 6.07) is -0.769. The molecule has 0 unspecified atom stereocenters. The fraction of sp³-hybridized carbons (Fsp3) is 0.667. The van der Waals surface area contributed by atoms with Crippen LogP contribution < -0.4 is 10.6 Å². The normalized spacial score (nSPS) is 16.8. The van der Waals surface area contributed by atoms with Crippen molar-refractivity contribution in [1.29, 1.82) is 0 Å². The molecule has 0 bridgehead atoms. The van der Waals surface area contributed by atoms with Crippen molar-refractivity contribution < 1.29 is 14.1 Å². The number of anilines is 1. The van der Waals surface area contributed by atoms with Gasteiger partial charge in [-0.2, -0.15) is 15.1 Å². The van der Waals surface area contributed by atoms with Crippen molar-refractivity contribution in [2.75, 3.05) is 18.5 Å². The molecule has 3 rings (SSSR count). The lowest BCUT2D eigenvalue weighted by molar-refractivity contribution is 0.0506. The number of carbonyl (C=O) groups excluding carboxylic acids is 1. The van der Waals surface area contributed by atoms with Crippen LogP contribution in [0.25, 0.3) is 0 Å². The molecular weight excluding hydrogens is 326 g/mol. The average Bonchev–Trinajstić information content (AvgIpc) is 3.23. The van der Waals surface area contributed by atoms with Crippen LogP contribution >= 0.6 is 0 Å². The maximum absolute atomic E-state index is 12.4. The molecule has 1 aliphatic heterocycles. The van der Waals surface area contributed by atoms with Gasteiger partial charge in [0.1, 0.15) is 12.4 Å². The Bertz CT molecular complexity index is 706. The van der Waals surface area contributed by atoms with Crippen LogP contribution in [0.2, 0.25) is 0 Å². The van der Waals surface area contributed by atoms with Crippen LogP contribution in [0.5, 0.6) is 0 Å². The Morgan fingerprint density at radius 1 is 1.36 bits per heavy atom. The number of carbonyl (C=O) groups is 1. The minimum absolute atomic E-state index is 0.153. The second-order valence-corrected chi connectivity index (χ2v) is 6.38. The van der Waals surface area contributed by atoms with Crippen molar-refractivity contribution in [3.8, 4) is 0 Å². The molecule has 25 heavy (non-hydrogen) atoms. The van der Waals surface area contributed by atoms with Gasteiger partial charge in [0, 0.05) is 26.2 Å². The minimum atomic E-state index is -0.392. The molecule has 10 nitrogen and oxygen atoms in total. The number of aryl methyl sites for hydroxylation is 1. The summed E-state index contributed by atoms with van der Waals surface area (Å²) in [6.45, 7) is 5.29.